The third-order valence-corrected chi connectivity index (χ3v) is 3.15. The van der Waals surface area contributed by atoms with Crippen molar-refractivity contribution in [3.63, 3.8) is 0 Å². The van der Waals surface area contributed by atoms with Gasteiger partial charge < -0.3 is 0 Å². The summed E-state index contributed by atoms with van der Waals surface area (Å²) < 4.78 is 0. The number of thiol groups is 1. The Morgan fingerprint density at radius 2 is 1.77 bits per heavy atom. The van der Waals surface area contributed by atoms with Gasteiger partial charge in [-0.3, -0.25) is 0 Å². The quantitative estimate of drug-likeness (QED) is 0.443. The summed E-state index contributed by atoms with van der Waals surface area (Å²) >= 11 is 5.99. The monoisotopic (exact) mass is 206 g/mol. The SMILES string of the molecule is SCSc1cccc2ccccc12. The van der Waals surface area contributed by atoms with Crippen LogP contribution in [0.25, 0.3) is 10.8 Å². The summed E-state index contributed by atoms with van der Waals surface area (Å²) in [6.45, 7) is 0. The summed E-state index contributed by atoms with van der Waals surface area (Å²) in [5.74, 6) is 0. The fraction of sp³-hybridized carbons (Fsp3) is 0.0909. The van der Waals surface area contributed by atoms with Gasteiger partial charge in [0.15, 0.2) is 0 Å². The van der Waals surface area contributed by atoms with Gasteiger partial charge in [0.1, 0.15) is 0 Å². The minimum absolute atomic E-state index is 0.827. The molecule has 0 fully saturated rings. The maximum Gasteiger partial charge on any atom is 0.0409 e. The van der Waals surface area contributed by atoms with E-state index in [1.165, 1.54) is 15.7 Å². The first-order chi connectivity index (χ1) is 6.42. The standard InChI is InChI=1S/C11H10S2/c12-8-13-11-7-3-5-9-4-1-2-6-10(9)11/h1-7,12H,8H2. The number of rotatable bonds is 2. The lowest BCUT2D eigenvalue weighted by Gasteiger charge is -2.03. The van der Waals surface area contributed by atoms with Crippen LogP contribution in [0.3, 0.4) is 0 Å². The summed E-state index contributed by atoms with van der Waals surface area (Å²) in [6, 6.07) is 14.8. The van der Waals surface area contributed by atoms with Crippen molar-refractivity contribution in [2.24, 2.45) is 0 Å². The van der Waals surface area contributed by atoms with Gasteiger partial charge in [0.25, 0.3) is 0 Å². The Balaban J connectivity index is 2.61. The van der Waals surface area contributed by atoms with Crippen LogP contribution in [-0.2, 0) is 0 Å². The van der Waals surface area contributed by atoms with Gasteiger partial charge in [-0.2, -0.15) is 12.6 Å². The van der Waals surface area contributed by atoms with Crippen molar-refractivity contribution in [1.82, 2.24) is 0 Å². The zero-order valence-corrected chi connectivity index (χ0v) is 8.81. The van der Waals surface area contributed by atoms with Crippen LogP contribution < -0.4 is 0 Å². The maximum atomic E-state index is 4.22. The van der Waals surface area contributed by atoms with E-state index in [-0.39, 0.29) is 0 Å². The molecule has 0 aromatic heterocycles. The number of benzene rings is 2. The van der Waals surface area contributed by atoms with Crippen LogP contribution in [0.15, 0.2) is 47.4 Å². The smallest absolute Gasteiger partial charge is 0.0409 e. The summed E-state index contributed by atoms with van der Waals surface area (Å²) in [4.78, 5) is 1.31. The van der Waals surface area contributed by atoms with Gasteiger partial charge in [-0.05, 0) is 16.8 Å². The third-order valence-electron chi connectivity index (χ3n) is 1.97. The van der Waals surface area contributed by atoms with Crippen LogP contribution in [-0.4, -0.2) is 5.08 Å². The van der Waals surface area contributed by atoms with Gasteiger partial charge >= 0.3 is 0 Å². The highest BCUT2D eigenvalue weighted by Gasteiger charge is 1.98. The second-order valence-corrected chi connectivity index (χ2v) is 4.51. The van der Waals surface area contributed by atoms with Gasteiger partial charge in [-0.25, -0.2) is 0 Å². The molecule has 2 rings (SSSR count). The Hall–Kier alpha value is -0.600. The molecular weight excluding hydrogens is 196 g/mol. The lowest BCUT2D eigenvalue weighted by atomic mass is 10.1. The highest BCUT2D eigenvalue weighted by molar-refractivity contribution is 8.09. The molecule has 0 bridgehead atoms. The molecule has 0 saturated heterocycles. The van der Waals surface area contributed by atoms with E-state index in [0.717, 1.165) is 5.08 Å². The molecule has 0 aliphatic carbocycles. The molecule has 0 radical (unpaired) electrons. The molecule has 0 saturated carbocycles. The lowest BCUT2D eigenvalue weighted by molar-refractivity contribution is 1.55. The normalized spacial score (nSPS) is 10.5. The summed E-state index contributed by atoms with van der Waals surface area (Å²) in [5.41, 5.74) is 0. The van der Waals surface area contributed by atoms with E-state index in [0.29, 0.717) is 0 Å². The molecule has 0 aliphatic rings. The number of hydrogen-bond acceptors (Lipinski definition) is 2. The van der Waals surface area contributed by atoms with Crippen LogP contribution in [0.5, 0.6) is 0 Å². The van der Waals surface area contributed by atoms with Gasteiger partial charge in [0.05, 0.1) is 0 Å². The fourth-order valence-corrected chi connectivity index (χ4v) is 2.46. The lowest BCUT2D eigenvalue weighted by Crippen LogP contribution is -1.76. The average Bonchev–Trinajstić information content (AvgIpc) is 2.19. The van der Waals surface area contributed by atoms with Crippen molar-refractivity contribution in [2.75, 3.05) is 5.08 Å². The number of fused-ring (bicyclic) bond motifs is 1. The minimum Gasteiger partial charge on any atom is -0.168 e. The molecule has 2 aromatic carbocycles. The molecule has 0 amide bonds. The molecule has 13 heavy (non-hydrogen) atoms. The van der Waals surface area contributed by atoms with Gasteiger partial charge in [-0.1, -0.05) is 36.4 Å². The highest BCUT2D eigenvalue weighted by atomic mass is 32.2. The molecule has 0 unspecified atom stereocenters. The van der Waals surface area contributed by atoms with Crippen LogP contribution in [0.2, 0.25) is 0 Å². The number of hydrogen-bond donors (Lipinski definition) is 1. The zero-order chi connectivity index (χ0) is 9.10. The van der Waals surface area contributed by atoms with Gasteiger partial charge in [-0.15, -0.1) is 11.8 Å². The van der Waals surface area contributed by atoms with E-state index >= 15 is 0 Å². The van der Waals surface area contributed by atoms with Crippen LogP contribution in [0.1, 0.15) is 0 Å². The average molecular weight is 206 g/mol. The van der Waals surface area contributed by atoms with E-state index in [4.69, 9.17) is 0 Å². The number of thioether (sulfide) groups is 1. The van der Waals surface area contributed by atoms with Crippen LogP contribution in [0.4, 0.5) is 0 Å². The largest absolute Gasteiger partial charge is 0.168 e. The summed E-state index contributed by atoms with van der Waals surface area (Å²) in [5, 5.41) is 3.45. The van der Waals surface area contributed by atoms with E-state index in [1.807, 2.05) is 0 Å². The van der Waals surface area contributed by atoms with E-state index < -0.39 is 0 Å². The first kappa shape index (κ1) is 8.97. The second-order valence-electron chi connectivity index (χ2n) is 2.75. The van der Waals surface area contributed by atoms with E-state index in [2.05, 4.69) is 55.1 Å². The molecular formula is C11H10S2. The highest BCUT2D eigenvalue weighted by Crippen LogP contribution is 2.27. The Labute approximate surface area is 87.8 Å². The predicted octanol–water partition coefficient (Wildman–Crippen LogP) is 3.82. The first-order valence-corrected chi connectivity index (χ1v) is 5.75. The van der Waals surface area contributed by atoms with Crippen molar-refractivity contribution < 1.29 is 0 Å². The molecule has 2 aromatic rings. The van der Waals surface area contributed by atoms with Crippen molar-refractivity contribution in [3.8, 4) is 0 Å². The van der Waals surface area contributed by atoms with E-state index in [9.17, 15) is 0 Å². The fourth-order valence-electron chi connectivity index (χ4n) is 1.39. The Bertz CT molecular complexity index is 404. The van der Waals surface area contributed by atoms with Crippen molar-refractivity contribution in [1.29, 1.82) is 0 Å². The Morgan fingerprint density at radius 1 is 1.00 bits per heavy atom. The predicted molar refractivity (Wildman–Crippen MR) is 63.7 cm³/mol. The van der Waals surface area contributed by atoms with Crippen LogP contribution in [0, 0.1) is 0 Å². The molecule has 0 spiro atoms. The molecule has 2 heteroatoms. The zero-order valence-electron chi connectivity index (χ0n) is 7.10. The molecule has 0 N–H and O–H groups in total. The molecule has 0 aliphatic heterocycles. The molecule has 0 atom stereocenters. The first-order valence-electron chi connectivity index (χ1n) is 4.13. The Morgan fingerprint density at radius 3 is 2.62 bits per heavy atom. The third kappa shape index (κ3) is 1.84. The van der Waals surface area contributed by atoms with Crippen molar-refractivity contribution >= 4 is 35.2 Å². The molecule has 66 valence electrons. The topological polar surface area (TPSA) is 0 Å². The second kappa shape index (κ2) is 4.07. The van der Waals surface area contributed by atoms with Gasteiger partial charge in [0, 0.05) is 9.98 Å². The van der Waals surface area contributed by atoms with Crippen molar-refractivity contribution in [2.45, 2.75) is 4.90 Å². The van der Waals surface area contributed by atoms with Gasteiger partial charge in [0.2, 0.25) is 0 Å². The minimum atomic E-state index is 0.827. The van der Waals surface area contributed by atoms with Crippen molar-refractivity contribution in [3.05, 3.63) is 42.5 Å². The summed E-state index contributed by atoms with van der Waals surface area (Å²) in [7, 11) is 0. The molecule has 0 nitrogen and oxygen atoms in total. The maximum absolute atomic E-state index is 4.22. The summed E-state index contributed by atoms with van der Waals surface area (Å²) in [6.07, 6.45) is 0. The molecule has 0 heterocycles. The van der Waals surface area contributed by atoms with Crippen LogP contribution >= 0.6 is 24.4 Å². The van der Waals surface area contributed by atoms with E-state index in [1.54, 1.807) is 11.8 Å². The Kier molecular flexibility index (Phi) is 2.81.